The first-order chi connectivity index (χ1) is 7.93. The largest absolute Gasteiger partial charge is 0.600 e. The van der Waals surface area contributed by atoms with Crippen molar-refractivity contribution in [2.75, 3.05) is 0 Å². The Labute approximate surface area is 105 Å². The van der Waals surface area contributed by atoms with Gasteiger partial charge in [0.2, 0.25) is 0 Å². The van der Waals surface area contributed by atoms with Gasteiger partial charge in [-0.2, -0.15) is 0 Å². The Hall–Kier alpha value is -0.740. The first-order valence-electron chi connectivity index (χ1n) is 5.24. The Kier molecular flexibility index (Phi) is 3.36. The van der Waals surface area contributed by atoms with Gasteiger partial charge in [-0.05, 0) is 18.6 Å². The van der Waals surface area contributed by atoms with Crippen molar-refractivity contribution in [3.63, 3.8) is 0 Å². The molecule has 0 fully saturated rings. The third kappa shape index (κ3) is 2.43. The molecule has 5 heteroatoms. The third-order valence-corrected chi connectivity index (χ3v) is 4.85. The summed E-state index contributed by atoms with van der Waals surface area (Å²) in [7, 11) is -1.76. The van der Waals surface area contributed by atoms with Gasteiger partial charge < -0.3 is 0 Å². The van der Waals surface area contributed by atoms with Crippen LogP contribution in [0.3, 0.4) is 0 Å². The van der Waals surface area contributed by atoms with E-state index >= 15 is 0 Å². The zero-order valence-electron chi connectivity index (χ0n) is 9.14. The summed E-state index contributed by atoms with van der Waals surface area (Å²) in [6, 6.07) is 6.26. The number of rotatable bonds is 2. The van der Waals surface area contributed by atoms with E-state index in [9.17, 15) is 13.2 Å². The second-order valence-corrected chi connectivity index (χ2v) is 6.27. The van der Waals surface area contributed by atoms with Crippen LogP contribution in [0.2, 0.25) is 5.02 Å². The normalized spacial score (nSPS) is 13.4. The second kappa shape index (κ2) is 4.50. The molecule has 0 amide bonds. The Morgan fingerprint density at radius 1 is 1.24 bits per heavy atom. The summed E-state index contributed by atoms with van der Waals surface area (Å²) < 4.78 is 39.5. The van der Waals surface area contributed by atoms with E-state index in [-0.39, 0.29) is 0 Å². The first kappa shape index (κ1) is 12.7. The zero-order chi connectivity index (χ0) is 12.6. The predicted octanol–water partition coefficient (Wildman–Crippen LogP) is 5.67. The van der Waals surface area contributed by atoms with E-state index in [1.165, 1.54) is 12.1 Å². The average molecular weight is 280 g/mol. The van der Waals surface area contributed by atoms with Crippen LogP contribution < -0.4 is 0 Å². The molecule has 0 aliphatic carbocycles. The van der Waals surface area contributed by atoms with Gasteiger partial charge in [0.1, 0.15) is 0 Å². The predicted molar refractivity (Wildman–Crippen MR) is 66.7 cm³/mol. The molecule has 0 radical (unpaired) electrons. The minimum absolute atomic E-state index is 0.352. The second-order valence-electron chi connectivity index (χ2n) is 3.79. The fraction of sp³-hybridized carbons (Fsp3) is 0.333. The molecule has 0 saturated carbocycles. The summed E-state index contributed by atoms with van der Waals surface area (Å²) in [6.07, 6.45) is 1.20. The highest BCUT2D eigenvalue weighted by Crippen LogP contribution is 2.51. The van der Waals surface area contributed by atoms with Crippen molar-refractivity contribution < 1.29 is 13.2 Å². The lowest BCUT2D eigenvalue weighted by molar-refractivity contribution is -0.0867. The summed E-state index contributed by atoms with van der Waals surface area (Å²) in [4.78, 5) is 0.470. The molecule has 17 heavy (non-hydrogen) atoms. The minimum Gasteiger partial charge on any atom is -0.118 e. The van der Waals surface area contributed by atoms with Gasteiger partial charge in [-0.25, -0.2) is 0 Å². The molecule has 2 rings (SSSR count). The van der Waals surface area contributed by atoms with Gasteiger partial charge in [-0.1, -0.05) is 18.5 Å². The molecule has 1 atom stereocenters. The monoisotopic (exact) mass is 279 g/mol. The highest BCUT2D eigenvalue weighted by atomic mass is 35.5. The number of alkyl halides is 3. The number of halogens is 4. The lowest BCUT2D eigenvalue weighted by Gasteiger charge is -1.98. The number of hydrogen-bond acceptors (Lipinski definition) is 0. The standard InChI is InChI=1S/C12H11ClF3S/c1-2-3-10-7-8-6-9(13)4-5-11(8)17(10)12(14,15)16/h4-7H,2-3H2,1H3/q+1. The maximum Gasteiger partial charge on any atom is 0.600 e. The molecule has 1 aromatic heterocycles. The number of hydrogen-bond donors (Lipinski definition) is 0. The van der Waals surface area contributed by atoms with Crippen molar-refractivity contribution in [3.05, 3.63) is 34.2 Å². The summed E-state index contributed by atoms with van der Waals surface area (Å²) in [5, 5.41) is 1.09. The molecule has 92 valence electrons. The van der Waals surface area contributed by atoms with Crippen LogP contribution in [0.5, 0.6) is 0 Å². The van der Waals surface area contributed by atoms with Crippen LogP contribution in [0.25, 0.3) is 10.1 Å². The molecule has 0 N–H and O–H groups in total. The van der Waals surface area contributed by atoms with E-state index < -0.39 is 16.0 Å². The first-order valence-corrected chi connectivity index (χ1v) is 6.85. The van der Waals surface area contributed by atoms with Crippen molar-refractivity contribution in [2.45, 2.75) is 25.3 Å². The van der Waals surface area contributed by atoms with Gasteiger partial charge in [-0.15, -0.1) is 13.2 Å². The van der Waals surface area contributed by atoms with Gasteiger partial charge in [0.15, 0.2) is 9.58 Å². The summed E-state index contributed by atoms with van der Waals surface area (Å²) in [6.45, 7) is 1.88. The van der Waals surface area contributed by atoms with Crippen LogP contribution >= 0.6 is 22.1 Å². The fourth-order valence-corrected chi connectivity index (χ4v) is 4.11. The van der Waals surface area contributed by atoms with Crippen LogP contribution in [0.15, 0.2) is 24.3 Å². The van der Waals surface area contributed by atoms with Crippen LogP contribution in [-0.4, -0.2) is 0 Å². The van der Waals surface area contributed by atoms with E-state index in [1.54, 1.807) is 12.1 Å². The van der Waals surface area contributed by atoms with Crippen molar-refractivity contribution >= 4 is 32.2 Å². The van der Waals surface area contributed by atoms with Gasteiger partial charge in [0.25, 0.3) is 0 Å². The van der Waals surface area contributed by atoms with E-state index in [1.807, 2.05) is 6.92 Å². The molecule has 0 aliphatic heterocycles. The Bertz CT molecular complexity index is 542. The molecule has 0 spiro atoms. The van der Waals surface area contributed by atoms with Gasteiger partial charge in [0, 0.05) is 29.0 Å². The van der Waals surface area contributed by atoms with E-state index in [0.717, 1.165) is 0 Å². The molecule has 0 aliphatic rings. The SMILES string of the molecule is CCCc1cc2cc(Cl)ccc2[s+]1C(F)(F)F. The topological polar surface area (TPSA) is 0 Å². The van der Waals surface area contributed by atoms with E-state index in [2.05, 4.69) is 0 Å². The van der Waals surface area contributed by atoms with Gasteiger partial charge in [0.05, 0.1) is 10.5 Å². The smallest absolute Gasteiger partial charge is 0.118 e. The van der Waals surface area contributed by atoms with E-state index in [4.69, 9.17) is 11.6 Å². The maximum absolute atomic E-state index is 13.1. The third-order valence-electron chi connectivity index (χ3n) is 2.50. The minimum atomic E-state index is -4.19. The molecule has 0 nitrogen and oxygen atoms in total. The molecule has 1 unspecified atom stereocenters. The van der Waals surface area contributed by atoms with Crippen LogP contribution in [0.4, 0.5) is 13.2 Å². The highest BCUT2D eigenvalue weighted by molar-refractivity contribution is 7.38. The van der Waals surface area contributed by atoms with Gasteiger partial charge >= 0.3 is 5.51 Å². The molecule has 0 saturated heterocycles. The average Bonchev–Trinajstić information content (AvgIpc) is 2.54. The van der Waals surface area contributed by atoms with E-state index in [0.29, 0.717) is 32.8 Å². The van der Waals surface area contributed by atoms with Crippen molar-refractivity contribution in [3.8, 4) is 0 Å². The lowest BCUT2D eigenvalue weighted by Crippen LogP contribution is -1.97. The summed E-state index contributed by atoms with van der Waals surface area (Å²) in [5.41, 5.74) is -4.19. The number of thiophene rings is 1. The fourth-order valence-electron chi connectivity index (χ4n) is 1.89. The molecular weight excluding hydrogens is 269 g/mol. The van der Waals surface area contributed by atoms with Crippen LogP contribution in [-0.2, 0) is 11.9 Å². The molecule has 2 aromatic rings. The van der Waals surface area contributed by atoms with Crippen LogP contribution in [0, 0.1) is 0 Å². The van der Waals surface area contributed by atoms with Crippen molar-refractivity contribution in [1.82, 2.24) is 0 Å². The van der Waals surface area contributed by atoms with Crippen molar-refractivity contribution in [2.24, 2.45) is 0 Å². The number of fused-ring (bicyclic) bond motifs is 1. The Morgan fingerprint density at radius 3 is 2.53 bits per heavy atom. The number of benzene rings is 1. The summed E-state index contributed by atoms with van der Waals surface area (Å²) >= 11 is 5.80. The molecule has 1 aromatic carbocycles. The van der Waals surface area contributed by atoms with Gasteiger partial charge in [-0.3, -0.25) is 0 Å². The Balaban J connectivity index is 2.71. The maximum atomic E-state index is 13.1. The highest BCUT2D eigenvalue weighted by Gasteiger charge is 2.47. The lowest BCUT2D eigenvalue weighted by atomic mass is 10.2. The van der Waals surface area contributed by atoms with Crippen molar-refractivity contribution in [1.29, 1.82) is 0 Å². The molecular formula is C12H11ClF3S+. The zero-order valence-corrected chi connectivity index (χ0v) is 10.7. The molecule has 0 bridgehead atoms. The summed E-state index contributed by atoms with van der Waals surface area (Å²) in [5.74, 6) is 0. The molecule has 1 heterocycles. The number of aryl methyl sites for hydroxylation is 1. The van der Waals surface area contributed by atoms with Crippen LogP contribution in [0.1, 0.15) is 18.2 Å². The Morgan fingerprint density at radius 2 is 1.94 bits per heavy atom. The quantitative estimate of drug-likeness (QED) is 0.621.